The highest BCUT2D eigenvalue weighted by atomic mass is 35.5. The Bertz CT molecular complexity index is 754. The number of nitrogens with zero attached hydrogens (tertiary/aromatic N) is 2. The second-order valence-corrected chi connectivity index (χ2v) is 5.84. The molecule has 1 aliphatic rings. The van der Waals surface area contributed by atoms with E-state index in [4.69, 9.17) is 23.2 Å². The Kier molecular flexibility index (Phi) is 4.19. The Morgan fingerprint density at radius 2 is 1.77 bits per heavy atom. The molecule has 0 atom stereocenters. The number of carbonyl (C=O) groups excluding carboxylic acids is 1. The summed E-state index contributed by atoms with van der Waals surface area (Å²) in [5.41, 5.74) is 3.38. The number of anilines is 1. The van der Waals surface area contributed by atoms with Gasteiger partial charge in [0.05, 0.1) is 11.4 Å². The Morgan fingerprint density at radius 1 is 1.09 bits per heavy atom. The Hall–Kier alpha value is -1.84. The van der Waals surface area contributed by atoms with Crippen molar-refractivity contribution in [2.24, 2.45) is 4.99 Å². The van der Waals surface area contributed by atoms with E-state index in [2.05, 4.69) is 4.99 Å². The van der Waals surface area contributed by atoms with E-state index in [0.29, 0.717) is 16.6 Å². The van der Waals surface area contributed by atoms with Gasteiger partial charge >= 0.3 is 0 Å². The highest BCUT2D eigenvalue weighted by Crippen LogP contribution is 2.29. The van der Waals surface area contributed by atoms with Crippen LogP contribution >= 0.6 is 23.2 Å². The molecule has 1 amide bonds. The highest BCUT2D eigenvalue weighted by Gasteiger charge is 2.24. The summed E-state index contributed by atoms with van der Waals surface area (Å²) in [4.78, 5) is 18.5. The predicted octanol–water partition coefficient (Wildman–Crippen LogP) is 4.20. The maximum absolute atomic E-state index is 12.3. The lowest BCUT2D eigenvalue weighted by atomic mass is 10.00. The van der Waals surface area contributed by atoms with Crippen LogP contribution in [0.2, 0.25) is 10.0 Å². The third-order valence-corrected chi connectivity index (χ3v) is 4.10. The molecule has 5 heteroatoms. The van der Waals surface area contributed by atoms with Crippen molar-refractivity contribution < 1.29 is 4.79 Å². The van der Waals surface area contributed by atoms with Crippen LogP contribution < -0.4 is 4.90 Å². The van der Waals surface area contributed by atoms with E-state index in [-0.39, 0.29) is 12.5 Å². The van der Waals surface area contributed by atoms with Crippen LogP contribution in [0.25, 0.3) is 0 Å². The molecular formula is C17H14Cl2N2O. The van der Waals surface area contributed by atoms with E-state index in [1.165, 1.54) is 0 Å². The molecule has 0 bridgehead atoms. The average molecular weight is 333 g/mol. The highest BCUT2D eigenvalue weighted by molar-refractivity contribution is 6.32. The largest absolute Gasteiger partial charge is 0.310 e. The van der Waals surface area contributed by atoms with Gasteiger partial charge in [0, 0.05) is 27.7 Å². The molecule has 0 radical (unpaired) electrons. The fraction of sp³-hybridized carbons (Fsp3) is 0.176. The standard InChI is InChI=1S/C17H14Cl2N2O/c1-2-21-15-8-7-13(19)9-14(15)17(20-10-16(21)22)11-3-5-12(18)6-4-11/h3-9H,2,10H2,1H3. The van der Waals surface area contributed by atoms with Crippen LogP contribution in [0.4, 0.5) is 5.69 Å². The SMILES string of the molecule is CCN1C(=O)CN=C(c2ccc(Cl)cc2)c2cc(Cl)ccc21. The number of aliphatic imine (C=N–C) groups is 1. The van der Waals surface area contributed by atoms with Crippen LogP contribution in [0.5, 0.6) is 0 Å². The number of likely N-dealkylation sites (N-methyl/N-ethyl adjacent to an activating group) is 1. The van der Waals surface area contributed by atoms with Crippen molar-refractivity contribution in [1.82, 2.24) is 0 Å². The lowest BCUT2D eigenvalue weighted by Gasteiger charge is -2.21. The Morgan fingerprint density at radius 3 is 2.45 bits per heavy atom. The number of rotatable bonds is 2. The van der Waals surface area contributed by atoms with Gasteiger partial charge in [-0.2, -0.15) is 0 Å². The fourth-order valence-corrected chi connectivity index (χ4v) is 2.88. The normalized spacial score (nSPS) is 14.4. The van der Waals surface area contributed by atoms with Gasteiger partial charge in [-0.25, -0.2) is 0 Å². The van der Waals surface area contributed by atoms with Gasteiger partial charge in [0.1, 0.15) is 6.54 Å². The van der Waals surface area contributed by atoms with Gasteiger partial charge in [0.15, 0.2) is 0 Å². The summed E-state index contributed by atoms with van der Waals surface area (Å²) in [5.74, 6) is -0.0185. The van der Waals surface area contributed by atoms with E-state index < -0.39 is 0 Å². The number of benzodiazepines with no additional fused rings is 1. The molecule has 3 nitrogen and oxygen atoms in total. The molecule has 0 N–H and O–H groups in total. The summed E-state index contributed by atoms with van der Waals surface area (Å²) in [6.07, 6.45) is 0. The van der Waals surface area contributed by atoms with E-state index >= 15 is 0 Å². The fourth-order valence-electron chi connectivity index (χ4n) is 2.59. The number of hydrogen-bond donors (Lipinski definition) is 0. The first-order valence-electron chi connectivity index (χ1n) is 7.01. The van der Waals surface area contributed by atoms with Crippen molar-refractivity contribution in [3.8, 4) is 0 Å². The molecule has 0 saturated heterocycles. The summed E-state index contributed by atoms with van der Waals surface area (Å²) < 4.78 is 0. The minimum atomic E-state index is -0.0185. The topological polar surface area (TPSA) is 32.7 Å². The van der Waals surface area contributed by atoms with Crippen molar-refractivity contribution in [2.75, 3.05) is 18.0 Å². The monoisotopic (exact) mass is 332 g/mol. The zero-order valence-electron chi connectivity index (χ0n) is 12.0. The van der Waals surface area contributed by atoms with Gasteiger partial charge in [0.25, 0.3) is 0 Å². The number of benzene rings is 2. The molecule has 0 fully saturated rings. The lowest BCUT2D eigenvalue weighted by molar-refractivity contribution is -0.117. The predicted molar refractivity (Wildman–Crippen MR) is 91.4 cm³/mol. The van der Waals surface area contributed by atoms with Crippen molar-refractivity contribution in [3.05, 3.63) is 63.6 Å². The Labute approximate surface area is 139 Å². The van der Waals surface area contributed by atoms with Crippen LogP contribution in [-0.2, 0) is 4.79 Å². The van der Waals surface area contributed by atoms with Gasteiger partial charge < -0.3 is 4.90 Å². The second-order valence-electron chi connectivity index (χ2n) is 4.97. The van der Waals surface area contributed by atoms with E-state index in [1.54, 1.807) is 11.0 Å². The third-order valence-electron chi connectivity index (χ3n) is 3.61. The molecule has 0 spiro atoms. The molecule has 2 aromatic rings. The second kappa shape index (κ2) is 6.11. The van der Waals surface area contributed by atoms with E-state index in [1.807, 2.05) is 43.3 Å². The van der Waals surface area contributed by atoms with Crippen LogP contribution in [0, 0.1) is 0 Å². The molecule has 22 heavy (non-hydrogen) atoms. The van der Waals surface area contributed by atoms with Gasteiger partial charge in [-0.1, -0.05) is 35.3 Å². The van der Waals surface area contributed by atoms with Gasteiger partial charge in [0.2, 0.25) is 5.91 Å². The number of halogens is 2. The number of amides is 1. The first-order valence-corrected chi connectivity index (χ1v) is 7.76. The third kappa shape index (κ3) is 2.74. The molecule has 0 aliphatic carbocycles. The minimum Gasteiger partial charge on any atom is -0.310 e. The van der Waals surface area contributed by atoms with Crippen LogP contribution in [0.3, 0.4) is 0 Å². The summed E-state index contributed by atoms with van der Waals surface area (Å²) in [7, 11) is 0. The summed E-state index contributed by atoms with van der Waals surface area (Å²) >= 11 is 12.1. The van der Waals surface area contributed by atoms with Crippen molar-refractivity contribution in [1.29, 1.82) is 0 Å². The zero-order valence-corrected chi connectivity index (χ0v) is 13.5. The molecule has 0 saturated carbocycles. The smallest absolute Gasteiger partial charge is 0.248 e. The molecule has 1 aliphatic heterocycles. The summed E-state index contributed by atoms with van der Waals surface area (Å²) in [6, 6.07) is 12.9. The number of hydrogen-bond acceptors (Lipinski definition) is 2. The molecule has 112 valence electrons. The molecule has 0 unspecified atom stereocenters. The average Bonchev–Trinajstić information content (AvgIpc) is 2.64. The summed E-state index contributed by atoms with van der Waals surface area (Å²) in [5, 5.41) is 1.28. The molecule has 3 rings (SSSR count). The summed E-state index contributed by atoms with van der Waals surface area (Å²) in [6.45, 7) is 2.67. The maximum Gasteiger partial charge on any atom is 0.248 e. The van der Waals surface area contributed by atoms with Gasteiger partial charge in [-0.3, -0.25) is 9.79 Å². The first kappa shape index (κ1) is 15.1. The van der Waals surface area contributed by atoms with Crippen LogP contribution in [-0.4, -0.2) is 24.7 Å². The molecule has 2 aromatic carbocycles. The van der Waals surface area contributed by atoms with Crippen LogP contribution in [0.15, 0.2) is 47.5 Å². The van der Waals surface area contributed by atoms with Crippen molar-refractivity contribution >= 4 is 40.5 Å². The van der Waals surface area contributed by atoms with Crippen molar-refractivity contribution in [3.63, 3.8) is 0 Å². The van der Waals surface area contributed by atoms with Gasteiger partial charge in [-0.05, 0) is 37.3 Å². The van der Waals surface area contributed by atoms with E-state index in [0.717, 1.165) is 22.5 Å². The quantitative estimate of drug-likeness (QED) is 0.811. The maximum atomic E-state index is 12.3. The minimum absolute atomic E-state index is 0.0185. The number of fused-ring (bicyclic) bond motifs is 1. The molecule has 1 heterocycles. The lowest BCUT2D eigenvalue weighted by Crippen LogP contribution is -2.32. The molecular weight excluding hydrogens is 319 g/mol. The van der Waals surface area contributed by atoms with E-state index in [9.17, 15) is 4.79 Å². The van der Waals surface area contributed by atoms with Crippen molar-refractivity contribution in [2.45, 2.75) is 6.92 Å². The Balaban J connectivity index is 2.20. The zero-order chi connectivity index (χ0) is 15.7. The van der Waals surface area contributed by atoms with Gasteiger partial charge in [-0.15, -0.1) is 0 Å². The molecule has 0 aromatic heterocycles. The number of carbonyl (C=O) groups is 1. The van der Waals surface area contributed by atoms with Crippen LogP contribution in [0.1, 0.15) is 18.1 Å². The first-order chi connectivity index (χ1) is 10.6.